The summed E-state index contributed by atoms with van der Waals surface area (Å²) in [5.74, 6) is 1.61. The number of anilines is 1. The van der Waals surface area contributed by atoms with Gasteiger partial charge in [-0.25, -0.2) is 4.79 Å². The monoisotopic (exact) mass is 281 g/mol. The third-order valence-electron chi connectivity index (χ3n) is 1.97. The molecule has 1 rings (SSSR count). The molecule has 1 aromatic rings. The van der Waals surface area contributed by atoms with Crippen molar-refractivity contribution in [3.63, 3.8) is 0 Å². The van der Waals surface area contributed by atoms with Crippen molar-refractivity contribution >= 4 is 27.6 Å². The molecule has 0 aliphatic rings. The van der Waals surface area contributed by atoms with Gasteiger partial charge in [0.1, 0.15) is 0 Å². The Hall–Kier alpha value is -1.47. The van der Waals surface area contributed by atoms with Crippen molar-refractivity contribution in [3.8, 4) is 12.3 Å². The van der Waals surface area contributed by atoms with Crippen molar-refractivity contribution in [1.82, 2.24) is 0 Å². The number of halogens is 1. The van der Waals surface area contributed by atoms with Gasteiger partial charge in [0.2, 0.25) is 0 Å². The smallest absolute Gasteiger partial charge is 0.335 e. The summed E-state index contributed by atoms with van der Waals surface area (Å²) in [5.41, 5.74) is 1.04. The molecule has 4 heteroatoms. The lowest BCUT2D eigenvalue weighted by molar-refractivity contribution is 0.0697. The van der Waals surface area contributed by atoms with Gasteiger partial charge in [-0.3, -0.25) is 0 Å². The second kappa shape index (κ2) is 6.19. The molecule has 0 aliphatic carbocycles. The summed E-state index contributed by atoms with van der Waals surface area (Å²) in [5, 5.41) is 12.0. The van der Waals surface area contributed by atoms with Crippen LogP contribution >= 0.6 is 15.9 Å². The Morgan fingerprint density at radius 1 is 1.50 bits per heavy atom. The molecule has 0 bridgehead atoms. The fraction of sp³-hybridized carbons (Fsp3) is 0.250. The number of unbranched alkanes of at least 4 members (excludes halogenated alkanes) is 1. The van der Waals surface area contributed by atoms with Crippen LogP contribution in [0.3, 0.4) is 0 Å². The first-order valence-electron chi connectivity index (χ1n) is 4.84. The highest BCUT2D eigenvalue weighted by atomic mass is 79.9. The highest BCUT2D eigenvalue weighted by Crippen LogP contribution is 2.19. The van der Waals surface area contributed by atoms with E-state index < -0.39 is 5.97 Å². The maximum atomic E-state index is 10.8. The molecule has 0 fully saturated rings. The fourth-order valence-electron chi connectivity index (χ4n) is 1.24. The van der Waals surface area contributed by atoms with Crippen molar-refractivity contribution in [2.24, 2.45) is 0 Å². The molecule has 0 aromatic heterocycles. The van der Waals surface area contributed by atoms with Crippen LogP contribution in [0, 0.1) is 12.3 Å². The van der Waals surface area contributed by atoms with Crippen LogP contribution in [0.1, 0.15) is 23.2 Å². The van der Waals surface area contributed by atoms with E-state index >= 15 is 0 Å². The summed E-state index contributed by atoms with van der Waals surface area (Å²) >= 11 is 3.27. The SMILES string of the molecule is C#CCCCNc1cc(Br)cc(C(=O)O)c1. The summed E-state index contributed by atoms with van der Waals surface area (Å²) in [4.78, 5) is 10.8. The molecule has 3 nitrogen and oxygen atoms in total. The Bertz CT molecular complexity index is 424. The molecule has 0 spiro atoms. The molecule has 0 saturated carbocycles. The Labute approximate surface area is 103 Å². The molecule has 16 heavy (non-hydrogen) atoms. The average Bonchev–Trinajstić information content (AvgIpc) is 2.23. The van der Waals surface area contributed by atoms with E-state index in [1.807, 2.05) is 6.07 Å². The Kier molecular flexibility index (Phi) is 4.87. The van der Waals surface area contributed by atoms with Crippen LogP contribution < -0.4 is 5.32 Å². The number of nitrogens with one attached hydrogen (secondary N) is 1. The Morgan fingerprint density at radius 3 is 2.88 bits per heavy atom. The average molecular weight is 282 g/mol. The van der Waals surface area contributed by atoms with Gasteiger partial charge in [0.25, 0.3) is 0 Å². The molecule has 0 saturated heterocycles. The number of carboxylic acid groups (broad SMARTS) is 1. The summed E-state index contributed by atoms with van der Waals surface area (Å²) in [6.07, 6.45) is 6.71. The first kappa shape index (κ1) is 12.6. The van der Waals surface area contributed by atoms with Gasteiger partial charge >= 0.3 is 5.97 Å². The number of hydrogen-bond acceptors (Lipinski definition) is 2. The predicted octanol–water partition coefficient (Wildman–Crippen LogP) is 2.97. The van der Waals surface area contributed by atoms with Crippen molar-refractivity contribution in [2.75, 3.05) is 11.9 Å². The van der Waals surface area contributed by atoms with E-state index in [9.17, 15) is 4.79 Å². The van der Waals surface area contributed by atoms with Crippen LogP contribution in [0.5, 0.6) is 0 Å². The number of benzene rings is 1. The predicted molar refractivity (Wildman–Crippen MR) is 67.7 cm³/mol. The molecule has 84 valence electrons. The van der Waals surface area contributed by atoms with Crippen LogP contribution in [0.4, 0.5) is 5.69 Å². The van der Waals surface area contributed by atoms with Crippen molar-refractivity contribution < 1.29 is 9.90 Å². The van der Waals surface area contributed by atoms with Crippen LogP contribution in [-0.4, -0.2) is 17.6 Å². The number of carboxylic acids is 1. The molecular formula is C12H12BrNO2. The molecule has 0 aliphatic heterocycles. The van der Waals surface area contributed by atoms with Gasteiger partial charge in [0, 0.05) is 23.1 Å². The molecule has 1 aromatic carbocycles. The topological polar surface area (TPSA) is 49.3 Å². The number of carbonyl (C=O) groups is 1. The van der Waals surface area contributed by atoms with Crippen LogP contribution in [0.25, 0.3) is 0 Å². The standard InChI is InChI=1S/C12H12BrNO2/c1-2-3-4-5-14-11-7-9(12(15)16)6-10(13)8-11/h1,6-8,14H,3-5H2,(H,15,16). The zero-order valence-electron chi connectivity index (χ0n) is 8.66. The lowest BCUT2D eigenvalue weighted by Gasteiger charge is -2.07. The largest absolute Gasteiger partial charge is 0.478 e. The third-order valence-corrected chi connectivity index (χ3v) is 2.43. The third kappa shape index (κ3) is 3.95. The minimum Gasteiger partial charge on any atom is -0.478 e. The fourth-order valence-corrected chi connectivity index (χ4v) is 1.73. The molecule has 2 N–H and O–H groups in total. The molecule has 0 heterocycles. The van der Waals surface area contributed by atoms with Crippen LogP contribution in [-0.2, 0) is 0 Å². The maximum absolute atomic E-state index is 10.8. The van der Waals surface area contributed by atoms with Gasteiger partial charge in [-0.1, -0.05) is 15.9 Å². The van der Waals surface area contributed by atoms with E-state index in [0.29, 0.717) is 6.42 Å². The van der Waals surface area contributed by atoms with E-state index in [0.717, 1.165) is 23.1 Å². The summed E-state index contributed by atoms with van der Waals surface area (Å²) < 4.78 is 0.742. The first-order chi connectivity index (χ1) is 7.63. The van der Waals surface area contributed by atoms with Gasteiger partial charge in [-0.15, -0.1) is 12.3 Å². The molecular weight excluding hydrogens is 270 g/mol. The summed E-state index contributed by atoms with van der Waals surface area (Å²) in [6, 6.07) is 5.00. The van der Waals surface area contributed by atoms with Crippen LogP contribution in [0.15, 0.2) is 22.7 Å². The molecule has 0 radical (unpaired) electrons. The lowest BCUT2D eigenvalue weighted by Crippen LogP contribution is -2.03. The highest BCUT2D eigenvalue weighted by molar-refractivity contribution is 9.10. The second-order valence-corrected chi connectivity index (χ2v) is 4.18. The van der Waals surface area contributed by atoms with E-state index in [1.165, 1.54) is 0 Å². The van der Waals surface area contributed by atoms with E-state index in [-0.39, 0.29) is 5.56 Å². The van der Waals surface area contributed by atoms with E-state index in [2.05, 4.69) is 27.2 Å². The van der Waals surface area contributed by atoms with Gasteiger partial charge in [-0.05, 0) is 24.6 Å². The van der Waals surface area contributed by atoms with Crippen LogP contribution in [0.2, 0.25) is 0 Å². The quantitative estimate of drug-likeness (QED) is 0.644. The van der Waals surface area contributed by atoms with Gasteiger partial charge in [0.15, 0.2) is 0 Å². The number of terminal acetylenes is 1. The van der Waals surface area contributed by atoms with Gasteiger partial charge < -0.3 is 10.4 Å². The zero-order valence-corrected chi connectivity index (χ0v) is 10.3. The minimum absolute atomic E-state index is 0.258. The molecule has 0 amide bonds. The number of hydrogen-bond donors (Lipinski definition) is 2. The normalized spacial score (nSPS) is 9.50. The van der Waals surface area contributed by atoms with E-state index in [1.54, 1.807) is 12.1 Å². The summed E-state index contributed by atoms with van der Waals surface area (Å²) in [6.45, 7) is 0.736. The van der Waals surface area contributed by atoms with Crippen molar-refractivity contribution in [3.05, 3.63) is 28.2 Å². The highest BCUT2D eigenvalue weighted by Gasteiger charge is 2.05. The summed E-state index contributed by atoms with van der Waals surface area (Å²) in [7, 11) is 0. The second-order valence-electron chi connectivity index (χ2n) is 3.27. The minimum atomic E-state index is -0.937. The van der Waals surface area contributed by atoms with E-state index in [4.69, 9.17) is 11.5 Å². The number of aromatic carboxylic acids is 1. The van der Waals surface area contributed by atoms with Gasteiger partial charge in [0.05, 0.1) is 5.56 Å². The Balaban J connectivity index is 2.66. The molecule has 0 unspecified atom stereocenters. The maximum Gasteiger partial charge on any atom is 0.335 e. The van der Waals surface area contributed by atoms with Gasteiger partial charge in [-0.2, -0.15) is 0 Å². The Morgan fingerprint density at radius 2 is 2.25 bits per heavy atom. The number of rotatable bonds is 5. The first-order valence-corrected chi connectivity index (χ1v) is 5.64. The zero-order chi connectivity index (χ0) is 12.0. The lowest BCUT2D eigenvalue weighted by atomic mass is 10.2. The van der Waals surface area contributed by atoms with Crippen molar-refractivity contribution in [2.45, 2.75) is 12.8 Å². The van der Waals surface area contributed by atoms with Crippen molar-refractivity contribution in [1.29, 1.82) is 0 Å². The molecule has 0 atom stereocenters.